The maximum absolute atomic E-state index is 12.9. The lowest BCUT2D eigenvalue weighted by Gasteiger charge is -2.18. The first kappa shape index (κ1) is 24.7. The highest BCUT2D eigenvalue weighted by atomic mass is 32.1. The molecule has 0 aliphatic carbocycles. The predicted octanol–water partition coefficient (Wildman–Crippen LogP) is 4.28. The van der Waals surface area contributed by atoms with Crippen LogP contribution in [0.4, 0.5) is 10.7 Å². The molecule has 0 fully saturated rings. The SMILES string of the molecule is CCOC(=O)c1c(NC(=O)/C=C\c2ccc([N+](=O)[O-])cc2)sc(C(=O)N(CC)CC)c1C. The topological polar surface area (TPSA) is 119 Å². The largest absolute Gasteiger partial charge is 0.462 e. The summed E-state index contributed by atoms with van der Waals surface area (Å²) in [6.45, 7) is 8.24. The van der Waals surface area contributed by atoms with Crippen molar-refractivity contribution in [3.05, 3.63) is 62.0 Å². The van der Waals surface area contributed by atoms with Crippen molar-refractivity contribution in [2.45, 2.75) is 27.7 Å². The number of carbonyl (C=O) groups excluding carboxylic acids is 3. The predicted molar refractivity (Wildman–Crippen MR) is 123 cm³/mol. The molecule has 170 valence electrons. The molecule has 32 heavy (non-hydrogen) atoms. The number of benzene rings is 1. The van der Waals surface area contributed by atoms with Gasteiger partial charge in [0.05, 0.1) is 22.0 Å². The van der Waals surface area contributed by atoms with E-state index in [1.54, 1.807) is 18.7 Å². The second-order valence-corrected chi connectivity index (χ2v) is 7.65. The lowest BCUT2D eigenvalue weighted by Crippen LogP contribution is -2.30. The third kappa shape index (κ3) is 5.79. The van der Waals surface area contributed by atoms with E-state index in [-0.39, 0.29) is 28.8 Å². The minimum absolute atomic E-state index is 0.0508. The van der Waals surface area contributed by atoms with Crippen LogP contribution >= 0.6 is 11.3 Å². The van der Waals surface area contributed by atoms with Crippen molar-refractivity contribution in [1.82, 2.24) is 4.90 Å². The molecule has 10 heteroatoms. The molecule has 9 nitrogen and oxygen atoms in total. The number of nitro groups is 1. The smallest absolute Gasteiger partial charge is 0.341 e. The quantitative estimate of drug-likeness (QED) is 0.259. The number of esters is 1. The molecule has 1 aromatic heterocycles. The van der Waals surface area contributed by atoms with Crippen LogP contribution in [0.15, 0.2) is 30.3 Å². The zero-order valence-corrected chi connectivity index (χ0v) is 19.2. The minimum Gasteiger partial charge on any atom is -0.462 e. The first-order valence-electron chi connectivity index (χ1n) is 10.1. The fourth-order valence-electron chi connectivity index (χ4n) is 2.94. The summed E-state index contributed by atoms with van der Waals surface area (Å²) in [6.07, 6.45) is 2.74. The monoisotopic (exact) mass is 459 g/mol. The molecule has 1 aromatic carbocycles. The summed E-state index contributed by atoms with van der Waals surface area (Å²) in [6, 6.07) is 5.71. The van der Waals surface area contributed by atoms with Gasteiger partial charge in [0.15, 0.2) is 0 Å². The molecule has 0 aliphatic rings. The maximum Gasteiger partial charge on any atom is 0.341 e. The van der Waals surface area contributed by atoms with Crippen LogP contribution in [0.25, 0.3) is 6.08 Å². The number of carbonyl (C=O) groups is 3. The van der Waals surface area contributed by atoms with E-state index in [2.05, 4.69) is 5.32 Å². The second-order valence-electron chi connectivity index (χ2n) is 6.63. The highest BCUT2D eigenvalue weighted by Crippen LogP contribution is 2.34. The summed E-state index contributed by atoms with van der Waals surface area (Å²) in [5, 5.41) is 13.6. The number of nitrogens with zero attached hydrogens (tertiary/aromatic N) is 2. The zero-order valence-electron chi connectivity index (χ0n) is 18.3. The van der Waals surface area contributed by atoms with Gasteiger partial charge in [-0.2, -0.15) is 0 Å². The van der Waals surface area contributed by atoms with Crippen LogP contribution in [0.3, 0.4) is 0 Å². The molecule has 0 aliphatic heterocycles. The van der Waals surface area contributed by atoms with Crippen LogP contribution in [0.2, 0.25) is 0 Å². The molecule has 0 saturated carbocycles. The third-order valence-corrected chi connectivity index (χ3v) is 5.83. The Kier molecular flexibility index (Phi) is 8.65. The number of ether oxygens (including phenoxy) is 1. The molecular weight excluding hydrogens is 434 g/mol. The van der Waals surface area contributed by atoms with E-state index in [0.29, 0.717) is 29.1 Å². The van der Waals surface area contributed by atoms with Crippen molar-refractivity contribution in [1.29, 1.82) is 0 Å². The number of hydrogen-bond acceptors (Lipinski definition) is 7. The van der Waals surface area contributed by atoms with E-state index >= 15 is 0 Å². The number of non-ortho nitro benzene ring substituents is 1. The van der Waals surface area contributed by atoms with Crippen LogP contribution in [0.1, 0.15) is 51.9 Å². The van der Waals surface area contributed by atoms with E-state index in [9.17, 15) is 24.5 Å². The van der Waals surface area contributed by atoms with E-state index in [1.165, 1.54) is 36.4 Å². The average Bonchev–Trinajstić information content (AvgIpc) is 3.09. The standard InChI is InChI=1S/C22H25N3O6S/c1-5-24(6-2)21(27)19-14(4)18(22(28)31-7-3)20(32-19)23-17(26)13-10-15-8-11-16(12-9-15)25(29)30/h8-13H,5-7H2,1-4H3,(H,23,26)/b13-10-. The van der Waals surface area contributed by atoms with Gasteiger partial charge in [-0.3, -0.25) is 19.7 Å². The van der Waals surface area contributed by atoms with Crippen molar-refractivity contribution in [3.8, 4) is 0 Å². The summed E-state index contributed by atoms with van der Waals surface area (Å²) < 4.78 is 5.12. The van der Waals surface area contributed by atoms with Gasteiger partial charge < -0.3 is 15.0 Å². The first-order chi connectivity index (χ1) is 15.2. The molecule has 0 bridgehead atoms. The minimum atomic E-state index is -0.616. The lowest BCUT2D eigenvalue weighted by molar-refractivity contribution is -0.384. The molecule has 2 amide bonds. The van der Waals surface area contributed by atoms with Crippen LogP contribution < -0.4 is 5.32 Å². The Hall–Kier alpha value is -3.53. The van der Waals surface area contributed by atoms with Crippen LogP contribution in [0.5, 0.6) is 0 Å². The van der Waals surface area contributed by atoms with Crippen molar-refractivity contribution >= 4 is 45.9 Å². The Morgan fingerprint density at radius 3 is 2.31 bits per heavy atom. The zero-order chi connectivity index (χ0) is 23.8. The summed E-state index contributed by atoms with van der Waals surface area (Å²) in [5.41, 5.74) is 1.16. The molecule has 1 N–H and O–H groups in total. The highest BCUT2D eigenvalue weighted by molar-refractivity contribution is 7.18. The van der Waals surface area contributed by atoms with Crippen molar-refractivity contribution in [2.75, 3.05) is 25.0 Å². The van der Waals surface area contributed by atoms with Crippen LogP contribution in [-0.2, 0) is 9.53 Å². The van der Waals surface area contributed by atoms with E-state index < -0.39 is 16.8 Å². The van der Waals surface area contributed by atoms with E-state index in [1.807, 2.05) is 13.8 Å². The molecule has 0 unspecified atom stereocenters. The van der Waals surface area contributed by atoms with E-state index in [0.717, 1.165) is 11.3 Å². The van der Waals surface area contributed by atoms with Crippen molar-refractivity contribution < 1.29 is 24.0 Å². The van der Waals surface area contributed by atoms with Crippen LogP contribution in [0, 0.1) is 17.0 Å². The lowest BCUT2D eigenvalue weighted by atomic mass is 10.1. The molecule has 0 atom stereocenters. The second kappa shape index (κ2) is 11.2. The van der Waals surface area contributed by atoms with Gasteiger partial charge in [-0.15, -0.1) is 11.3 Å². The molecule has 1 heterocycles. The Balaban J connectivity index is 2.31. The number of nitrogens with one attached hydrogen (secondary N) is 1. The van der Waals surface area contributed by atoms with Gasteiger partial charge in [-0.05, 0) is 57.0 Å². The Morgan fingerprint density at radius 2 is 1.78 bits per heavy atom. The maximum atomic E-state index is 12.9. The Labute approximate surface area is 189 Å². The molecule has 0 saturated heterocycles. The van der Waals surface area contributed by atoms with Gasteiger partial charge in [0, 0.05) is 31.3 Å². The number of hydrogen-bond donors (Lipinski definition) is 1. The van der Waals surface area contributed by atoms with E-state index in [4.69, 9.17) is 4.74 Å². The highest BCUT2D eigenvalue weighted by Gasteiger charge is 2.28. The van der Waals surface area contributed by atoms with Gasteiger partial charge in [0.25, 0.3) is 11.6 Å². The number of nitro benzene ring substituents is 1. The number of amides is 2. The molecular formula is C22H25N3O6S. The third-order valence-electron chi connectivity index (χ3n) is 4.64. The first-order valence-corrected chi connectivity index (χ1v) is 10.9. The summed E-state index contributed by atoms with van der Waals surface area (Å²) in [5.74, 6) is -1.35. The van der Waals surface area contributed by atoms with Crippen molar-refractivity contribution in [3.63, 3.8) is 0 Å². The van der Waals surface area contributed by atoms with Gasteiger partial charge >= 0.3 is 5.97 Å². The van der Waals surface area contributed by atoms with Gasteiger partial charge in [0.1, 0.15) is 5.00 Å². The molecule has 0 radical (unpaired) electrons. The normalized spacial score (nSPS) is 10.8. The number of anilines is 1. The van der Waals surface area contributed by atoms with Gasteiger partial charge in [-0.25, -0.2) is 4.79 Å². The number of rotatable bonds is 9. The molecule has 2 rings (SSSR count). The fourth-order valence-corrected chi connectivity index (χ4v) is 4.11. The molecule has 2 aromatic rings. The Morgan fingerprint density at radius 1 is 1.16 bits per heavy atom. The Bertz CT molecular complexity index is 1040. The van der Waals surface area contributed by atoms with Crippen LogP contribution in [-0.4, -0.2) is 47.3 Å². The van der Waals surface area contributed by atoms with Gasteiger partial charge in [0.2, 0.25) is 5.91 Å². The fraction of sp³-hybridized carbons (Fsp3) is 0.318. The summed E-state index contributed by atoms with van der Waals surface area (Å²) >= 11 is 1.03. The van der Waals surface area contributed by atoms with Gasteiger partial charge in [-0.1, -0.05) is 0 Å². The van der Waals surface area contributed by atoms with Crippen molar-refractivity contribution in [2.24, 2.45) is 0 Å². The number of thiophene rings is 1. The average molecular weight is 460 g/mol. The summed E-state index contributed by atoms with van der Waals surface area (Å²) in [4.78, 5) is 50.1. The molecule has 0 spiro atoms. The summed E-state index contributed by atoms with van der Waals surface area (Å²) in [7, 11) is 0.